The van der Waals surface area contributed by atoms with E-state index in [1.165, 1.54) is 12.1 Å². The molecule has 0 saturated carbocycles. The van der Waals surface area contributed by atoms with E-state index in [1.54, 1.807) is 36.9 Å². The van der Waals surface area contributed by atoms with Gasteiger partial charge in [-0.25, -0.2) is 14.4 Å². The van der Waals surface area contributed by atoms with Gasteiger partial charge in [-0.3, -0.25) is 4.68 Å². The van der Waals surface area contributed by atoms with Crippen LogP contribution in [0.4, 0.5) is 10.2 Å². The fraction of sp³-hybridized carbons (Fsp3) is 0.303. The number of benzene rings is 2. The molecule has 4 heterocycles. The lowest BCUT2D eigenvalue weighted by Crippen LogP contribution is -2.40. The summed E-state index contributed by atoms with van der Waals surface area (Å²) in [7, 11) is 2.00. The van der Waals surface area contributed by atoms with E-state index in [1.807, 2.05) is 24.2 Å². The minimum atomic E-state index is -0.910. The molecular weight excluding hydrogens is 531 g/mol. The number of allylic oxidation sites excluding steroid dienone is 3. The van der Waals surface area contributed by atoms with Crippen molar-refractivity contribution in [3.8, 4) is 11.4 Å². The number of aromatic nitrogens is 4. The highest BCUT2D eigenvalue weighted by Crippen LogP contribution is 2.37. The number of hydrogen-bond donors (Lipinski definition) is 1. The number of hydrogen-bond acceptors (Lipinski definition) is 7. The molecule has 1 N–H and O–H groups in total. The molecule has 9 heteroatoms. The smallest absolute Gasteiger partial charge is 0.165 e. The highest BCUT2D eigenvalue weighted by molar-refractivity contribution is 5.94. The predicted octanol–water partition coefficient (Wildman–Crippen LogP) is 5.73. The van der Waals surface area contributed by atoms with Crippen LogP contribution in [0.1, 0.15) is 37.9 Å². The van der Waals surface area contributed by atoms with E-state index in [2.05, 4.69) is 47.9 Å². The van der Waals surface area contributed by atoms with Crippen LogP contribution in [0, 0.1) is 5.82 Å². The first-order chi connectivity index (χ1) is 20.1. The Kier molecular flexibility index (Phi) is 7.16. The van der Waals surface area contributed by atoms with Crippen molar-refractivity contribution in [2.45, 2.75) is 39.0 Å². The number of rotatable bonds is 6. The molecule has 2 aromatic carbocycles. The van der Waals surface area contributed by atoms with Gasteiger partial charge in [-0.05, 0) is 73.4 Å². The first-order valence-corrected chi connectivity index (χ1v) is 14.1. The number of fused-ring (bicyclic) bond motifs is 1. The highest BCUT2D eigenvalue weighted by Gasteiger charge is 2.29. The molecule has 6 rings (SSSR count). The fourth-order valence-electron chi connectivity index (χ4n) is 5.50. The molecule has 2 aliphatic heterocycles. The van der Waals surface area contributed by atoms with E-state index < -0.39 is 5.60 Å². The molecule has 0 aliphatic carbocycles. The van der Waals surface area contributed by atoms with E-state index in [9.17, 15) is 9.50 Å². The number of likely N-dealkylation sites (N-methyl/N-ethyl adjacent to an activating group) is 1. The maximum Gasteiger partial charge on any atom is 0.165 e. The quantitative estimate of drug-likeness (QED) is 0.319. The first-order valence-electron chi connectivity index (χ1n) is 14.1. The zero-order valence-electron chi connectivity index (χ0n) is 24.4. The molecule has 4 aromatic rings. The maximum atomic E-state index is 13.8. The molecule has 42 heavy (non-hydrogen) atoms. The van der Waals surface area contributed by atoms with Crippen LogP contribution in [-0.4, -0.2) is 62.2 Å². The monoisotopic (exact) mass is 566 g/mol. The molecule has 0 spiro atoms. The molecule has 216 valence electrons. The van der Waals surface area contributed by atoms with E-state index in [4.69, 9.17) is 14.7 Å². The minimum Gasteiger partial charge on any atom is -0.389 e. The van der Waals surface area contributed by atoms with Crippen LogP contribution in [0.3, 0.4) is 0 Å². The Morgan fingerprint density at radius 2 is 1.90 bits per heavy atom. The number of anilines is 1. The molecule has 2 aliphatic rings. The van der Waals surface area contributed by atoms with Crippen molar-refractivity contribution in [1.82, 2.24) is 24.6 Å². The van der Waals surface area contributed by atoms with Crippen LogP contribution < -0.4 is 4.90 Å². The largest absolute Gasteiger partial charge is 0.389 e. The Morgan fingerprint density at radius 1 is 1.12 bits per heavy atom. The van der Waals surface area contributed by atoms with Crippen molar-refractivity contribution in [2.24, 2.45) is 0 Å². The number of morpholine rings is 1. The van der Waals surface area contributed by atoms with Crippen molar-refractivity contribution in [3.63, 3.8) is 0 Å². The van der Waals surface area contributed by atoms with Crippen molar-refractivity contribution in [3.05, 3.63) is 102 Å². The summed E-state index contributed by atoms with van der Waals surface area (Å²) in [6, 6.07) is 12.7. The standard InChI is InChI=1S/C33H35FN6O2/c1-21-14-25(17-38(5)22(21)2)24-8-11-29-28(15-24)32(37-31(36-29)26-16-35-39(18-26)20-33(3,4)41)40-12-13-42-19-30(40)23-6-9-27(34)10-7-23/h6-11,14-18,30,41H,2,12-13,19-20H2,1,3-5H3. The summed E-state index contributed by atoms with van der Waals surface area (Å²) in [4.78, 5) is 14.4. The summed E-state index contributed by atoms with van der Waals surface area (Å²) in [5.41, 5.74) is 5.79. The van der Waals surface area contributed by atoms with Gasteiger partial charge in [0, 0.05) is 37.1 Å². The summed E-state index contributed by atoms with van der Waals surface area (Å²) in [6.45, 7) is 11.7. The molecule has 1 saturated heterocycles. The van der Waals surface area contributed by atoms with Gasteiger partial charge in [0.25, 0.3) is 0 Å². The van der Waals surface area contributed by atoms with E-state index in [0.717, 1.165) is 50.3 Å². The lowest BCUT2D eigenvalue weighted by atomic mass is 9.98. The molecule has 1 fully saturated rings. The van der Waals surface area contributed by atoms with Crippen molar-refractivity contribution in [2.75, 3.05) is 31.7 Å². The molecule has 8 nitrogen and oxygen atoms in total. The van der Waals surface area contributed by atoms with Crippen molar-refractivity contribution >= 4 is 22.3 Å². The van der Waals surface area contributed by atoms with Crippen LogP contribution in [0.5, 0.6) is 0 Å². The molecule has 1 atom stereocenters. The Balaban J connectivity index is 1.50. The van der Waals surface area contributed by atoms with Gasteiger partial charge >= 0.3 is 0 Å². The van der Waals surface area contributed by atoms with Crippen molar-refractivity contribution in [1.29, 1.82) is 0 Å². The molecular formula is C33H35FN6O2. The van der Waals surface area contributed by atoms with Crippen LogP contribution >= 0.6 is 0 Å². The summed E-state index contributed by atoms with van der Waals surface area (Å²) in [5, 5.41) is 15.7. The summed E-state index contributed by atoms with van der Waals surface area (Å²) in [5.74, 6) is 1.04. The molecule has 0 radical (unpaired) electrons. The summed E-state index contributed by atoms with van der Waals surface area (Å²) >= 11 is 0. The summed E-state index contributed by atoms with van der Waals surface area (Å²) in [6.07, 6.45) is 7.81. The number of aliphatic hydroxyl groups is 1. The first kappa shape index (κ1) is 27.8. The van der Waals surface area contributed by atoms with Crippen LogP contribution in [0.2, 0.25) is 0 Å². The fourth-order valence-corrected chi connectivity index (χ4v) is 5.50. The second-order valence-electron chi connectivity index (χ2n) is 11.6. The lowest BCUT2D eigenvalue weighted by molar-refractivity contribution is 0.0577. The molecule has 1 unspecified atom stereocenters. The Hall–Kier alpha value is -4.34. The second-order valence-corrected chi connectivity index (χ2v) is 11.6. The van der Waals surface area contributed by atoms with Gasteiger partial charge < -0.3 is 19.6 Å². The Labute approximate surface area is 245 Å². The van der Waals surface area contributed by atoms with Crippen LogP contribution in [-0.2, 0) is 11.3 Å². The van der Waals surface area contributed by atoms with Crippen molar-refractivity contribution < 1.29 is 14.2 Å². The average Bonchev–Trinajstić information content (AvgIpc) is 3.42. The zero-order valence-corrected chi connectivity index (χ0v) is 24.4. The third-order valence-electron chi connectivity index (χ3n) is 7.69. The number of ether oxygens (including phenoxy) is 1. The van der Waals surface area contributed by atoms with Gasteiger partial charge in [0.15, 0.2) is 5.82 Å². The molecule has 2 aromatic heterocycles. The number of halogens is 1. The van der Waals surface area contributed by atoms with E-state index >= 15 is 0 Å². The molecule has 0 bridgehead atoms. The third-order valence-corrected chi connectivity index (χ3v) is 7.69. The SMILES string of the molecule is C=C1C(C)=CC(c2ccc3nc(-c4cnn(CC(C)(C)O)c4)nc(N4CCOCC4c4ccc(F)cc4)c3c2)=CN1C. The summed E-state index contributed by atoms with van der Waals surface area (Å²) < 4.78 is 21.4. The normalized spacial score (nSPS) is 18.0. The zero-order chi connectivity index (χ0) is 29.6. The molecule has 0 amide bonds. The number of nitrogens with zero attached hydrogens (tertiary/aromatic N) is 6. The van der Waals surface area contributed by atoms with Gasteiger partial charge in [0.2, 0.25) is 0 Å². The van der Waals surface area contributed by atoms with E-state index in [-0.39, 0.29) is 11.9 Å². The van der Waals surface area contributed by atoms with Gasteiger partial charge in [-0.1, -0.05) is 24.8 Å². The van der Waals surface area contributed by atoms with Crippen LogP contribution in [0.15, 0.2) is 85.0 Å². The van der Waals surface area contributed by atoms with Gasteiger partial charge in [0.1, 0.15) is 11.6 Å². The maximum absolute atomic E-state index is 13.8. The Bertz CT molecular complexity index is 1720. The van der Waals surface area contributed by atoms with Gasteiger partial charge in [-0.2, -0.15) is 5.10 Å². The lowest BCUT2D eigenvalue weighted by Gasteiger charge is -2.37. The van der Waals surface area contributed by atoms with Gasteiger partial charge in [-0.15, -0.1) is 0 Å². The van der Waals surface area contributed by atoms with E-state index in [0.29, 0.717) is 32.1 Å². The second kappa shape index (κ2) is 10.8. The third kappa shape index (κ3) is 5.57. The highest BCUT2D eigenvalue weighted by atomic mass is 19.1. The van der Waals surface area contributed by atoms with Crippen LogP contribution in [0.25, 0.3) is 27.9 Å². The Morgan fingerprint density at radius 3 is 2.64 bits per heavy atom. The van der Waals surface area contributed by atoms with Gasteiger partial charge in [0.05, 0.1) is 48.7 Å². The minimum absolute atomic E-state index is 0.155. The topological polar surface area (TPSA) is 79.5 Å². The predicted molar refractivity (Wildman–Crippen MR) is 163 cm³/mol. The average molecular weight is 567 g/mol.